The van der Waals surface area contributed by atoms with Crippen LogP contribution >= 0.6 is 0 Å². The highest BCUT2D eigenvalue weighted by atomic mass is 16.8. The summed E-state index contributed by atoms with van der Waals surface area (Å²) in [7, 11) is 0. The van der Waals surface area contributed by atoms with Crippen molar-refractivity contribution >= 4 is 5.97 Å². The molecule has 5 aliphatic carbocycles. The van der Waals surface area contributed by atoms with Crippen LogP contribution in [0.4, 0.5) is 0 Å². The van der Waals surface area contributed by atoms with Gasteiger partial charge in [-0.3, -0.25) is 0 Å². The van der Waals surface area contributed by atoms with Gasteiger partial charge in [0, 0.05) is 10.8 Å². The second-order valence-corrected chi connectivity index (χ2v) is 23.6. The molecular formula is C48H78O18. The largest absolute Gasteiger partial charge is 0.479 e. The number of hydrogen-bond acceptors (Lipinski definition) is 17. The van der Waals surface area contributed by atoms with E-state index in [1.807, 2.05) is 6.92 Å². The summed E-state index contributed by atoms with van der Waals surface area (Å²) in [6.07, 6.45) is -17.6. The second kappa shape index (κ2) is 17.7. The Hall–Kier alpha value is -1.43. The molecule has 8 aliphatic rings. The molecule has 4 saturated carbocycles. The van der Waals surface area contributed by atoms with Crippen molar-refractivity contribution < 1.29 is 89.4 Å². The van der Waals surface area contributed by atoms with Gasteiger partial charge < -0.3 is 84.6 Å². The molecule has 0 bridgehead atoms. The number of aliphatic carboxylic acids is 1. The lowest BCUT2D eigenvalue weighted by atomic mass is 9.33. The number of fused-ring (bicyclic) bond motifs is 7. The van der Waals surface area contributed by atoms with Crippen LogP contribution in [0.1, 0.15) is 113 Å². The Morgan fingerprint density at radius 1 is 0.667 bits per heavy atom. The second-order valence-electron chi connectivity index (χ2n) is 23.6. The first-order valence-corrected chi connectivity index (χ1v) is 24.3. The number of ether oxygens (including phenoxy) is 6. The van der Waals surface area contributed by atoms with E-state index in [9.17, 15) is 61.0 Å². The Morgan fingerprint density at radius 2 is 1.30 bits per heavy atom. The maximum atomic E-state index is 12.5. The minimum absolute atomic E-state index is 0.0166. The number of hydrogen-bond donors (Lipinski definition) is 11. The molecule has 3 heterocycles. The summed E-state index contributed by atoms with van der Waals surface area (Å²) in [6, 6.07) is 0. The van der Waals surface area contributed by atoms with Gasteiger partial charge in [-0.2, -0.15) is 0 Å². The number of aliphatic hydroxyl groups is 10. The number of carboxylic acids is 1. The zero-order valence-corrected chi connectivity index (χ0v) is 39.7. The molecule has 8 rings (SSSR count). The van der Waals surface area contributed by atoms with E-state index in [-0.39, 0.29) is 57.5 Å². The van der Waals surface area contributed by atoms with Crippen molar-refractivity contribution in [2.24, 2.45) is 50.2 Å². The monoisotopic (exact) mass is 943 g/mol. The van der Waals surface area contributed by atoms with E-state index in [2.05, 4.69) is 47.6 Å². The zero-order chi connectivity index (χ0) is 48.4. The first-order chi connectivity index (χ1) is 30.7. The molecule has 0 aromatic heterocycles. The predicted molar refractivity (Wildman–Crippen MR) is 231 cm³/mol. The molecule has 18 nitrogen and oxygen atoms in total. The average Bonchev–Trinajstić information content (AvgIpc) is 3.25. The number of carboxylic acid groups (broad SMARTS) is 1. The van der Waals surface area contributed by atoms with Crippen LogP contribution in [0.15, 0.2) is 11.6 Å². The molecule has 0 radical (unpaired) electrons. The van der Waals surface area contributed by atoms with E-state index in [0.29, 0.717) is 12.8 Å². The van der Waals surface area contributed by atoms with Gasteiger partial charge in [-0.15, -0.1) is 0 Å². The molecule has 25 atom stereocenters. The van der Waals surface area contributed by atoms with Crippen LogP contribution in [-0.4, -0.2) is 180 Å². The van der Waals surface area contributed by atoms with Crippen molar-refractivity contribution in [2.75, 3.05) is 13.2 Å². The van der Waals surface area contributed by atoms with Crippen LogP contribution in [0, 0.1) is 50.2 Å². The maximum Gasteiger partial charge on any atom is 0.335 e. The molecule has 0 aromatic carbocycles. The van der Waals surface area contributed by atoms with E-state index in [1.54, 1.807) is 0 Å². The van der Waals surface area contributed by atoms with Gasteiger partial charge in [0.05, 0.1) is 31.5 Å². The average molecular weight is 943 g/mol. The molecule has 11 N–H and O–H groups in total. The fourth-order valence-electron chi connectivity index (χ4n) is 15.1. The first-order valence-electron chi connectivity index (χ1n) is 24.3. The first kappa shape index (κ1) is 50.9. The molecule has 3 saturated heterocycles. The lowest BCUT2D eigenvalue weighted by Gasteiger charge is -2.72. The normalized spacial score (nSPS) is 55.9. The third-order valence-electron chi connectivity index (χ3n) is 19.5. The lowest BCUT2D eigenvalue weighted by molar-refractivity contribution is -0.396. The minimum atomic E-state index is -2.07. The molecule has 18 heteroatoms. The van der Waals surface area contributed by atoms with Crippen molar-refractivity contribution in [1.29, 1.82) is 0 Å². The minimum Gasteiger partial charge on any atom is -0.479 e. The summed E-state index contributed by atoms with van der Waals surface area (Å²) < 4.78 is 36.2. The van der Waals surface area contributed by atoms with Crippen molar-refractivity contribution in [2.45, 2.75) is 218 Å². The SMILES string of the molecule is C[C@@H]1O[C@@H](O[C@H]2[C@H](O[C@H]3[C@H](O[C@H]4CCC5(C)C6CC=C7C8CC(C)(C)C[C@@H](O)C8(C)CC[C@@]7(C)C6(C)CCC5[C@@]4(C)CO)O[C@H](C(=O)O)[C@@H](O)[C@@H]3O)O[C@H](CO)[C@@H](O)[C@@H]2O)[C@H](O)[C@H](O)[C@H]1O. The number of allylic oxidation sites excluding steroid dienone is 2. The summed E-state index contributed by atoms with van der Waals surface area (Å²) in [5.74, 6) is -1.16. The quantitative estimate of drug-likeness (QED) is 0.112. The summed E-state index contributed by atoms with van der Waals surface area (Å²) in [4.78, 5) is 12.5. The summed E-state index contributed by atoms with van der Waals surface area (Å²) in [5, 5.41) is 120. The van der Waals surface area contributed by atoms with Crippen molar-refractivity contribution in [3.63, 3.8) is 0 Å². The summed E-state index contributed by atoms with van der Waals surface area (Å²) >= 11 is 0. The molecule has 7 fully saturated rings. The van der Waals surface area contributed by atoms with Gasteiger partial charge in [0.1, 0.15) is 61.0 Å². The van der Waals surface area contributed by atoms with E-state index in [4.69, 9.17) is 28.4 Å². The Balaban J connectivity index is 1.08. The van der Waals surface area contributed by atoms with Gasteiger partial charge in [-0.1, -0.05) is 60.1 Å². The number of rotatable bonds is 9. The van der Waals surface area contributed by atoms with Gasteiger partial charge in [0.2, 0.25) is 0 Å². The van der Waals surface area contributed by atoms with E-state index >= 15 is 0 Å². The van der Waals surface area contributed by atoms with Crippen molar-refractivity contribution in [1.82, 2.24) is 0 Å². The Labute approximate surface area is 387 Å². The number of carbonyl (C=O) groups is 1. The lowest BCUT2D eigenvalue weighted by Crippen LogP contribution is -2.68. The van der Waals surface area contributed by atoms with Crippen LogP contribution in [-0.2, 0) is 33.2 Å². The molecule has 378 valence electrons. The van der Waals surface area contributed by atoms with Gasteiger partial charge in [-0.25, -0.2) is 4.79 Å². The smallest absolute Gasteiger partial charge is 0.335 e. The van der Waals surface area contributed by atoms with Crippen molar-refractivity contribution in [3.8, 4) is 0 Å². The topological polar surface area (TPSA) is 295 Å². The molecule has 66 heavy (non-hydrogen) atoms. The Kier molecular flexibility index (Phi) is 13.7. The fraction of sp³-hybridized carbons (Fsp3) is 0.938. The van der Waals surface area contributed by atoms with Crippen molar-refractivity contribution in [3.05, 3.63) is 11.6 Å². The highest BCUT2D eigenvalue weighted by Crippen LogP contribution is 2.76. The third-order valence-corrected chi connectivity index (χ3v) is 19.5. The fourth-order valence-corrected chi connectivity index (χ4v) is 15.1. The maximum absolute atomic E-state index is 12.5. The van der Waals surface area contributed by atoms with E-state index in [0.717, 1.165) is 44.9 Å². The highest BCUT2D eigenvalue weighted by Gasteiger charge is 2.70. The van der Waals surface area contributed by atoms with Gasteiger partial charge >= 0.3 is 5.97 Å². The van der Waals surface area contributed by atoms with Crippen LogP contribution in [0.3, 0.4) is 0 Å². The third kappa shape index (κ3) is 7.78. The van der Waals surface area contributed by atoms with Crippen LogP contribution in [0.2, 0.25) is 0 Å². The van der Waals surface area contributed by atoms with Crippen LogP contribution in [0.5, 0.6) is 0 Å². The molecule has 3 aliphatic heterocycles. The Morgan fingerprint density at radius 3 is 1.94 bits per heavy atom. The van der Waals surface area contributed by atoms with Gasteiger partial charge in [0.15, 0.2) is 25.0 Å². The molecule has 6 unspecified atom stereocenters. The summed E-state index contributed by atoms with van der Waals surface area (Å²) in [5.41, 5.74) is -0.0545. The number of aliphatic hydroxyl groups excluding tert-OH is 10. The van der Waals surface area contributed by atoms with Crippen LogP contribution < -0.4 is 0 Å². The van der Waals surface area contributed by atoms with Gasteiger partial charge in [0.25, 0.3) is 0 Å². The predicted octanol–water partition coefficient (Wildman–Crippen LogP) is 0.705. The molecular weight excluding hydrogens is 865 g/mol. The summed E-state index contributed by atoms with van der Waals surface area (Å²) in [6.45, 7) is 16.3. The van der Waals surface area contributed by atoms with Gasteiger partial charge in [-0.05, 0) is 104 Å². The van der Waals surface area contributed by atoms with E-state index in [1.165, 1.54) is 12.5 Å². The standard InChI is InChI=1S/C48H78O18/c1-21-29(52)31(54)35(58)40(61-21)65-37-32(55)30(53)24(19-49)62-41(37)66-38-34(57)33(56)36(39(59)60)64-42(38)63-28-12-13-45(5)25(46(28,6)20-50)11-14-48(8)26(45)10-9-22-23-17-43(2,3)18-27(51)44(23,4)15-16-47(22,48)7/h9,21,23-38,40-42,49-58H,10-20H2,1-8H3,(H,59,60)/t21-,23?,24+,25?,26?,27+,28-,29-,30+,31+,32-,33-,34-,35+,36-,37+,38+,40-,41-,42+,44?,45?,46+,47+,48?/m0/s1. The molecule has 0 aromatic rings. The molecule has 0 spiro atoms. The van der Waals surface area contributed by atoms with E-state index < -0.39 is 116 Å². The van der Waals surface area contributed by atoms with Crippen LogP contribution in [0.25, 0.3) is 0 Å². The zero-order valence-electron chi connectivity index (χ0n) is 39.7. The highest BCUT2D eigenvalue weighted by molar-refractivity contribution is 5.73. The molecule has 0 amide bonds. The Bertz CT molecular complexity index is 1820.